The first-order valence-corrected chi connectivity index (χ1v) is 8.47. The molecule has 105 valence electrons. The first-order valence-electron chi connectivity index (χ1n) is 7.06. The Bertz CT molecular complexity index is 654. The third-order valence-electron chi connectivity index (χ3n) is 3.28. The van der Waals surface area contributed by atoms with Gasteiger partial charge in [0.1, 0.15) is 0 Å². The third-order valence-corrected chi connectivity index (χ3v) is 5.44. The molecule has 0 aliphatic heterocycles. The van der Waals surface area contributed by atoms with Crippen molar-refractivity contribution in [2.45, 2.75) is 0 Å². The summed E-state index contributed by atoms with van der Waals surface area (Å²) < 4.78 is 0. The zero-order chi connectivity index (χ0) is 14.3. The quantitative estimate of drug-likeness (QED) is 0.494. The number of benzene rings is 3. The van der Waals surface area contributed by atoms with Gasteiger partial charge in [0, 0.05) is 8.41 Å². The predicted molar refractivity (Wildman–Crippen MR) is 100 cm³/mol. The van der Waals surface area contributed by atoms with Gasteiger partial charge in [-0.3, -0.25) is 0 Å². The fourth-order valence-electron chi connectivity index (χ4n) is 2.22. The molecule has 0 aliphatic carbocycles. The van der Waals surface area contributed by atoms with Crippen molar-refractivity contribution >= 4 is 33.0 Å². The summed E-state index contributed by atoms with van der Waals surface area (Å²) in [4.78, 5) is 0. The van der Waals surface area contributed by atoms with E-state index in [1.54, 1.807) is 0 Å². The molecule has 0 aliphatic rings. The SMILES string of the molecule is C(=C\P(c1ccccc1)c1ccccc1)/c1ccccc1.[B]. The van der Waals surface area contributed by atoms with Crippen LogP contribution < -0.4 is 10.6 Å². The van der Waals surface area contributed by atoms with Gasteiger partial charge in [-0.2, -0.15) is 0 Å². The van der Waals surface area contributed by atoms with E-state index in [0.29, 0.717) is 0 Å². The van der Waals surface area contributed by atoms with E-state index in [0.717, 1.165) is 0 Å². The number of hydrogen-bond donors (Lipinski definition) is 0. The van der Waals surface area contributed by atoms with Crippen LogP contribution in [0.5, 0.6) is 0 Å². The van der Waals surface area contributed by atoms with Crippen molar-refractivity contribution in [1.82, 2.24) is 0 Å². The smallest absolute Gasteiger partial charge is 0 e. The fourth-order valence-corrected chi connectivity index (χ4v) is 4.17. The zero-order valence-electron chi connectivity index (χ0n) is 12.3. The Balaban J connectivity index is 0.00000176. The van der Waals surface area contributed by atoms with Crippen molar-refractivity contribution in [2.24, 2.45) is 0 Å². The van der Waals surface area contributed by atoms with Crippen LogP contribution in [0.3, 0.4) is 0 Å². The highest BCUT2D eigenvalue weighted by molar-refractivity contribution is 7.75. The molecule has 22 heavy (non-hydrogen) atoms. The lowest BCUT2D eigenvalue weighted by Crippen LogP contribution is -2.09. The minimum atomic E-state index is -0.455. The Hall–Kier alpha value is -2.11. The lowest BCUT2D eigenvalue weighted by atomic mass is 10.2. The van der Waals surface area contributed by atoms with Crippen molar-refractivity contribution in [1.29, 1.82) is 0 Å². The molecule has 3 aromatic rings. The van der Waals surface area contributed by atoms with Crippen molar-refractivity contribution < 1.29 is 0 Å². The summed E-state index contributed by atoms with van der Waals surface area (Å²) in [6.45, 7) is 0. The second-order valence-corrected chi connectivity index (χ2v) is 6.84. The number of hydrogen-bond acceptors (Lipinski definition) is 0. The third kappa shape index (κ3) is 4.19. The normalized spacial score (nSPS) is 10.6. The predicted octanol–water partition coefficient (Wildman–Crippen LogP) is 4.41. The summed E-state index contributed by atoms with van der Waals surface area (Å²) in [5.74, 6) is 2.34. The van der Waals surface area contributed by atoms with Gasteiger partial charge in [-0.25, -0.2) is 0 Å². The lowest BCUT2D eigenvalue weighted by molar-refractivity contribution is 1.66. The van der Waals surface area contributed by atoms with Crippen molar-refractivity contribution in [3.63, 3.8) is 0 Å². The average molecular weight is 299 g/mol. The highest BCUT2D eigenvalue weighted by Crippen LogP contribution is 2.35. The minimum Gasteiger partial charge on any atom is -0.0622 e. The lowest BCUT2D eigenvalue weighted by Gasteiger charge is -2.14. The van der Waals surface area contributed by atoms with Crippen LogP contribution in [0.4, 0.5) is 0 Å². The van der Waals surface area contributed by atoms with Crippen molar-refractivity contribution in [3.05, 3.63) is 102 Å². The second kappa shape index (κ2) is 8.36. The molecule has 0 spiro atoms. The summed E-state index contributed by atoms with van der Waals surface area (Å²) >= 11 is 0. The summed E-state index contributed by atoms with van der Waals surface area (Å²) in [6, 6.07) is 32.0. The molecule has 0 heterocycles. The molecular weight excluding hydrogens is 282 g/mol. The minimum absolute atomic E-state index is 0. The maximum atomic E-state index is 2.34. The van der Waals surface area contributed by atoms with Gasteiger partial charge in [-0.15, -0.1) is 0 Å². The monoisotopic (exact) mass is 299 g/mol. The van der Waals surface area contributed by atoms with Crippen LogP contribution in [-0.2, 0) is 0 Å². The molecule has 0 N–H and O–H groups in total. The molecule has 3 radical (unpaired) electrons. The van der Waals surface area contributed by atoms with E-state index in [9.17, 15) is 0 Å². The summed E-state index contributed by atoms with van der Waals surface area (Å²) in [5.41, 5.74) is 1.25. The van der Waals surface area contributed by atoms with E-state index in [-0.39, 0.29) is 8.41 Å². The fraction of sp³-hybridized carbons (Fsp3) is 0. The summed E-state index contributed by atoms with van der Waals surface area (Å²) in [7, 11) is -0.455. The van der Waals surface area contributed by atoms with E-state index in [1.807, 2.05) is 0 Å². The van der Waals surface area contributed by atoms with E-state index in [2.05, 4.69) is 103 Å². The largest absolute Gasteiger partial charge is 0.0622 e. The van der Waals surface area contributed by atoms with Crippen LogP contribution >= 0.6 is 7.92 Å². The standard InChI is InChI=1S/C20H17P.B/c1-4-10-18(11-5-1)16-17-21(19-12-6-2-7-13-19)20-14-8-3-9-15-20;/h1-17H;/b17-16+;. The van der Waals surface area contributed by atoms with Crippen molar-refractivity contribution in [2.75, 3.05) is 0 Å². The van der Waals surface area contributed by atoms with Crippen LogP contribution in [0, 0.1) is 0 Å². The molecule has 0 saturated carbocycles. The topological polar surface area (TPSA) is 0 Å². The van der Waals surface area contributed by atoms with Crippen LogP contribution in [0.2, 0.25) is 0 Å². The van der Waals surface area contributed by atoms with Gasteiger partial charge in [0.25, 0.3) is 0 Å². The second-order valence-electron chi connectivity index (χ2n) is 4.77. The Labute approximate surface area is 135 Å². The van der Waals surface area contributed by atoms with Crippen LogP contribution in [0.15, 0.2) is 96.8 Å². The van der Waals surface area contributed by atoms with Gasteiger partial charge in [0.2, 0.25) is 0 Å². The van der Waals surface area contributed by atoms with Crippen LogP contribution in [0.25, 0.3) is 6.08 Å². The molecular formula is C20H17BP. The molecule has 0 bridgehead atoms. The van der Waals surface area contributed by atoms with E-state index >= 15 is 0 Å². The molecule has 0 amide bonds. The highest BCUT2D eigenvalue weighted by atomic mass is 31.1. The van der Waals surface area contributed by atoms with Gasteiger partial charge >= 0.3 is 0 Å². The zero-order valence-corrected chi connectivity index (χ0v) is 13.2. The van der Waals surface area contributed by atoms with E-state index < -0.39 is 7.92 Å². The Morgan fingerprint density at radius 2 is 0.955 bits per heavy atom. The Kier molecular flexibility index (Phi) is 6.19. The summed E-state index contributed by atoms with van der Waals surface area (Å²) in [6.07, 6.45) is 2.23. The molecule has 0 fully saturated rings. The average Bonchev–Trinajstić information content (AvgIpc) is 2.58. The van der Waals surface area contributed by atoms with Gasteiger partial charge < -0.3 is 0 Å². The first kappa shape index (κ1) is 16.3. The molecule has 0 atom stereocenters. The molecule has 3 aromatic carbocycles. The van der Waals surface area contributed by atoms with Crippen LogP contribution in [0.1, 0.15) is 5.56 Å². The maximum Gasteiger partial charge on any atom is 0 e. The molecule has 0 unspecified atom stereocenters. The molecule has 2 heteroatoms. The van der Waals surface area contributed by atoms with Gasteiger partial charge in [0.15, 0.2) is 0 Å². The van der Waals surface area contributed by atoms with Crippen LogP contribution in [-0.4, -0.2) is 8.41 Å². The van der Waals surface area contributed by atoms with Gasteiger partial charge in [0.05, 0.1) is 0 Å². The summed E-state index contributed by atoms with van der Waals surface area (Å²) in [5, 5.41) is 2.76. The first-order chi connectivity index (χ1) is 10.4. The van der Waals surface area contributed by atoms with Crippen molar-refractivity contribution in [3.8, 4) is 0 Å². The molecule has 3 rings (SSSR count). The van der Waals surface area contributed by atoms with E-state index in [4.69, 9.17) is 0 Å². The maximum absolute atomic E-state index is 2.34. The molecule has 0 saturated heterocycles. The molecule has 0 aromatic heterocycles. The highest BCUT2D eigenvalue weighted by Gasteiger charge is 2.09. The number of rotatable bonds is 4. The van der Waals surface area contributed by atoms with Gasteiger partial charge in [-0.05, 0) is 24.1 Å². The molecule has 0 nitrogen and oxygen atoms in total. The van der Waals surface area contributed by atoms with E-state index in [1.165, 1.54) is 16.2 Å². The Morgan fingerprint density at radius 3 is 1.41 bits per heavy atom. The Morgan fingerprint density at radius 1 is 0.545 bits per heavy atom. The van der Waals surface area contributed by atoms with Gasteiger partial charge in [-0.1, -0.05) is 103 Å².